The largest absolute Gasteiger partial charge is 0.435 e. The highest BCUT2D eigenvalue weighted by molar-refractivity contribution is 5.28. The van der Waals surface area contributed by atoms with Crippen LogP contribution in [-0.4, -0.2) is 11.7 Å². The van der Waals surface area contributed by atoms with Crippen LogP contribution in [0.25, 0.3) is 0 Å². The lowest BCUT2D eigenvalue weighted by Crippen LogP contribution is -2.06. The second kappa shape index (κ2) is 7.31. The van der Waals surface area contributed by atoms with Gasteiger partial charge in [0.25, 0.3) is 0 Å². The van der Waals surface area contributed by atoms with Crippen LogP contribution >= 0.6 is 0 Å². The third-order valence-corrected chi connectivity index (χ3v) is 3.20. The average molecular weight is 258 g/mol. The summed E-state index contributed by atoms with van der Waals surface area (Å²) < 4.78 is 28.2. The molecule has 1 N–H and O–H groups in total. The van der Waals surface area contributed by atoms with E-state index in [1.165, 1.54) is 12.1 Å². The Balaban J connectivity index is 2.61. The maximum absolute atomic E-state index is 12.0. The first-order chi connectivity index (χ1) is 8.56. The molecule has 0 saturated heterocycles. The molecule has 1 unspecified atom stereocenters. The van der Waals surface area contributed by atoms with Gasteiger partial charge in [0.1, 0.15) is 5.75 Å². The van der Waals surface area contributed by atoms with Crippen molar-refractivity contribution in [3.05, 3.63) is 29.8 Å². The minimum absolute atomic E-state index is 0.114. The number of benzene rings is 1. The molecule has 0 aliphatic heterocycles. The van der Waals surface area contributed by atoms with Crippen LogP contribution in [-0.2, 0) is 0 Å². The number of aliphatic hydroxyl groups is 1. The molecule has 1 aromatic carbocycles. The molecule has 0 aliphatic carbocycles. The molecule has 0 aliphatic rings. The second-order valence-corrected chi connectivity index (χ2v) is 4.38. The minimum atomic E-state index is -2.81. The Labute approximate surface area is 107 Å². The van der Waals surface area contributed by atoms with Crippen molar-refractivity contribution in [3.63, 3.8) is 0 Å². The zero-order chi connectivity index (χ0) is 13.5. The van der Waals surface area contributed by atoms with E-state index in [0.29, 0.717) is 12.3 Å². The van der Waals surface area contributed by atoms with Crippen LogP contribution in [0.15, 0.2) is 24.3 Å². The lowest BCUT2D eigenvalue weighted by molar-refractivity contribution is -0.0498. The van der Waals surface area contributed by atoms with Crippen molar-refractivity contribution in [3.8, 4) is 5.75 Å². The van der Waals surface area contributed by atoms with E-state index in [1.807, 2.05) is 0 Å². The molecule has 0 saturated carbocycles. The lowest BCUT2D eigenvalue weighted by Gasteiger charge is -2.17. The van der Waals surface area contributed by atoms with Crippen molar-refractivity contribution in [2.24, 2.45) is 5.92 Å². The van der Waals surface area contributed by atoms with Gasteiger partial charge in [0.2, 0.25) is 0 Å². The van der Waals surface area contributed by atoms with E-state index in [0.717, 1.165) is 18.4 Å². The predicted octanol–water partition coefficient (Wildman–Crippen LogP) is 4.15. The van der Waals surface area contributed by atoms with Crippen LogP contribution in [0.2, 0.25) is 0 Å². The maximum atomic E-state index is 12.0. The van der Waals surface area contributed by atoms with Crippen LogP contribution in [0, 0.1) is 5.92 Å². The van der Waals surface area contributed by atoms with Gasteiger partial charge in [0.05, 0.1) is 6.10 Å². The van der Waals surface area contributed by atoms with Crippen molar-refractivity contribution in [1.29, 1.82) is 0 Å². The molecule has 18 heavy (non-hydrogen) atoms. The third-order valence-electron chi connectivity index (χ3n) is 3.20. The minimum Gasteiger partial charge on any atom is -0.435 e. The molecule has 102 valence electrons. The second-order valence-electron chi connectivity index (χ2n) is 4.38. The summed E-state index contributed by atoms with van der Waals surface area (Å²) in [4.78, 5) is 0. The van der Waals surface area contributed by atoms with E-state index < -0.39 is 12.7 Å². The number of rotatable bonds is 7. The van der Waals surface area contributed by atoms with Gasteiger partial charge in [-0.25, -0.2) is 0 Å². The van der Waals surface area contributed by atoms with Crippen LogP contribution in [0.1, 0.15) is 44.8 Å². The van der Waals surface area contributed by atoms with Crippen LogP contribution in [0.3, 0.4) is 0 Å². The Bertz CT molecular complexity index is 334. The summed E-state index contributed by atoms with van der Waals surface area (Å²) in [6, 6.07) is 6.17. The molecule has 0 amide bonds. The summed E-state index contributed by atoms with van der Waals surface area (Å²) in [6.07, 6.45) is 2.21. The predicted molar refractivity (Wildman–Crippen MR) is 66.7 cm³/mol. The van der Waals surface area contributed by atoms with Crippen LogP contribution < -0.4 is 4.74 Å². The molecule has 0 fully saturated rings. The van der Waals surface area contributed by atoms with E-state index in [9.17, 15) is 13.9 Å². The molecule has 1 aromatic rings. The summed E-state index contributed by atoms with van der Waals surface area (Å²) in [5, 5.41) is 10.0. The highest BCUT2D eigenvalue weighted by Crippen LogP contribution is 2.26. The molecular formula is C14H20F2O2. The van der Waals surface area contributed by atoms with E-state index in [-0.39, 0.29) is 5.75 Å². The lowest BCUT2D eigenvalue weighted by atomic mass is 9.93. The average Bonchev–Trinajstić information content (AvgIpc) is 2.35. The number of hydrogen-bond donors (Lipinski definition) is 1. The Kier molecular flexibility index (Phi) is 6.05. The number of ether oxygens (including phenoxy) is 1. The number of alkyl halides is 2. The summed E-state index contributed by atoms with van der Waals surface area (Å²) in [5.74, 6) is 0.598. The van der Waals surface area contributed by atoms with Crippen LogP contribution in [0.4, 0.5) is 8.78 Å². The van der Waals surface area contributed by atoms with Crippen molar-refractivity contribution in [2.75, 3.05) is 0 Å². The van der Waals surface area contributed by atoms with E-state index >= 15 is 0 Å². The maximum Gasteiger partial charge on any atom is 0.387 e. The van der Waals surface area contributed by atoms with E-state index in [2.05, 4.69) is 18.6 Å². The molecule has 1 atom stereocenters. The number of aliphatic hydroxyl groups excluding tert-OH is 1. The summed E-state index contributed by atoms with van der Waals surface area (Å²) in [5.41, 5.74) is 0.739. The summed E-state index contributed by atoms with van der Waals surface area (Å²) in [7, 11) is 0. The van der Waals surface area contributed by atoms with Crippen molar-refractivity contribution in [1.82, 2.24) is 0 Å². The first kappa shape index (κ1) is 14.9. The van der Waals surface area contributed by atoms with Gasteiger partial charge < -0.3 is 9.84 Å². The zero-order valence-electron chi connectivity index (χ0n) is 10.8. The first-order valence-corrected chi connectivity index (χ1v) is 6.29. The van der Waals surface area contributed by atoms with Crippen LogP contribution in [0.5, 0.6) is 5.75 Å². The fourth-order valence-electron chi connectivity index (χ4n) is 1.95. The molecular weight excluding hydrogens is 238 g/mol. The highest BCUT2D eigenvalue weighted by Gasteiger charge is 2.13. The number of hydrogen-bond acceptors (Lipinski definition) is 2. The van der Waals surface area contributed by atoms with E-state index in [1.54, 1.807) is 12.1 Å². The Morgan fingerprint density at radius 2 is 1.67 bits per heavy atom. The fraction of sp³-hybridized carbons (Fsp3) is 0.571. The molecule has 0 radical (unpaired) electrons. The van der Waals surface area contributed by atoms with Gasteiger partial charge in [-0.1, -0.05) is 38.8 Å². The standard InChI is InChI=1S/C14H20F2O2/c1-3-10(4-2)9-13(17)11-5-7-12(8-6-11)18-14(15)16/h5-8,10,13-14,17H,3-4,9H2,1-2H3. The molecule has 2 nitrogen and oxygen atoms in total. The Morgan fingerprint density at radius 1 is 1.11 bits per heavy atom. The quantitative estimate of drug-likeness (QED) is 0.796. The molecule has 0 spiro atoms. The summed E-state index contributed by atoms with van der Waals surface area (Å²) >= 11 is 0. The third kappa shape index (κ3) is 4.61. The zero-order valence-corrected chi connectivity index (χ0v) is 10.8. The normalized spacial score (nSPS) is 13.1. The SMILES string of the molecule is CCC(CC)CC(O)c1ccc(OC(F)F)cc1. The fourth-order valence-corrected chi connectivity index (χ4v) is 1.95. The highest BCUT2D eigenvalue weighted by atomic mass is 19.3. The van der Waals surface area contributed by atoms with Crippen molar-refractivity contribution in [2.45, 2.75) is 45.8 Å². The molecule has 1 rings (SSSR count). The van der Waals surface area contributed by atoms with Gasteiger partial charge in [-0.3, -0.25) is 0 Å². The van der Waals surface area contributed by atoms with Gasteiger partial charge in [-0.05, 0) is 30.0 Å². The molecule has 0 heterocycles. The molecule has 4 heteroatoms. The Hall–Kier alpha value is -1.16. The van der Waals surface area contributed by atoms with E-state index in [4.69, 9.17) is 0 Å². The number of halogens is 2. The molecule has 0 bridgehead atoms. The topological polar surface area (TPSA) is 29.5 Å². The summed E-state index contributed by atoms with van der Waals surface area (Å²) in [6.45, 7) is 1.38. The van der Waals surface area contributed by atoms with Crippen molar-refractivity contribution >= 4 is 0 Å². The Morgan fingerprint density at radius 3 is 2.11 bits per heavy atom. The van der Waals surface area contributed by atoms with Gasteiger partial charge in [0, 0.05) is 0 Å². The smallest absolute Gasteiger partial charge is 0.387 e. The van der Waals surface area contributed by atoms with Crippen molar-refractivity contribution < 1.29 is 18.6 Å². The monoisotopic (exact) mass is 258 g/mol. The van der Waals surface area contributed by atoms with Gasteiger partial charge in [0.15, 0.2) is 0 Å². The first-order valence-electron chi connectivity index (χ1n) is 6.29. The van der Waals surface area contributed by atoms with Gasteiger partial charge in [-0.2, -0.15) is 8.78 Å². The van der Waals surface area contributed by atoms with Gasteiger partial charge >= 0.3 is 6.61 Å². The molecule has 0 aromatic heterocycles. The van der Waals surface area contributed by atoms with Gasteiger partial charge in [-0.15, -0.1) is 0 Å².